The summed E-state index contributed by atoms with van der Waals surface area (Å²) in [6, 6.07) is 18.7. The number of benzene rings is 2. The van der Waals surface area contributed by atoms with E-state index in [1.54, 1.807) is 37.4 Å². The van der Waals surface area contributed by atoms with Gasteiger partial charge in [-0.05, 0) is 36.4 Å². The van der Waals surface area contributed by atoms with Crippen molar-refractivity contribution in [1.82, 2.24) is 4.98 Å². The summed E-state index contributed by atoms with van der Waals surface area (Å²) >= 11 is 0. The third-order valence-corrected chi connectivity index (χ3v) is 3.08. The molecule has 0 radical (unpaired) electrons. The van der Waals surface area contributed by atoms with Gasteiger partial charge >= 0.3 is 0 Å². The predicted octanol–water partition coefficient (Wildman–Crippen LogP) is 3.91. The Morgan fingerprint density at radius 1 is 1.00 bits per heavy atom. The minimum absolute atomic E-state index is 0.307. The van der Waals surface area contributed by atoms with Gasteiger partial charge in [0.25, 0.3) is 0 Å². The normalized spacial score (nSPS) is 10.1. The minimum atomic E-state index is 0.307. The van der Waals surface area contributed by atoms with Crippen LogP contribution in [0.2, 0.25) is 0 Å². The van der Waals surface area contributed by atoms with Crippen LogP contribution in [0, 0.1) is 11.3 Å². The van der Waals surface area contributed by atoms with Gasteiger partial charge in [-0.25, -0.2) is 4.98 Å². The summed E-state index contributed by atoms with van der Waals surface area (Å²) < 4.78 is 10.8. The smallest absolute Gasteiger partial charge is 0.237 e. The topological polar surface area (TPSA) is 55.1 Å². The zero-order valence-corrected chi connectivity index (χ0v) is 11.4. The van der Waals surface area contributed by atoms with Crippen LogP contribution in [0.3, 0.4) is 0 Å². The Kier molecular flexibility index (Phi) is 3.40. The third-order valence-electron chi connectivity index (χ3n) is 3.08. The number of nitriles is 1. The number of hydrogen-bond donors (Lipinski definition) is 0. The first-order valence-corrected chi connectivity index (χ1v) is 6.42. The van der Waals surface area contributed by atoms with Crippen molar-refractivity contribution in [2.24, 2.45) is 0 Å². The van der Waals surface area contributed by atoms with Crippen molar-refractivity contribution in [3.8, 4) is 23.4 Å². The van der Waals surface area contributed by atoms with Gasteiger partial charge in [0.15, 0.2) is 0 Å². The molecule has 0 aliphatic carbocycles. The molecular weight excluding hydrogens is 264 g/mol. The van der Waals surface area contributed by atoms with Crippen molar-refractivity contribution in [2.75, 3.05) is 7.11 Å². The monoisotopic (exact) mass is 276 g/mol. The van der Waals surface area contributed by atoms with Crippen LogP contribution < -0.4 is 9.47 Å². The first-order valence-electron chi connectivity index (χ1n) is 6.42. The quantitative estimate of drug-likeness (QED) is 0.727. The molecule has 0 saturated carbocycles. The van der Waals surface area contributed by atoms with Crippen molar-refractivity contribution in [3.63, 3.8) is 0 Å². The van der Waals surface area contributed by atoms with E-state index in [0.717, 1.165) is 16.7 Å². The van der Waals surface area contributed by atoms with E-state index in [9.17, 15) is 5.26 Å². The van der Waals surface area contributed by atoms with Gasteiger partial charge in [-0.15, -0.1) is 0 Å². The van der Waals surface area contributed by atoms with Crippen molar-refractivity contribution < 1.29 is 9.47 Å². The lowest BCUT2D eigenvalue weighted by atomic mass is 10.1. The van der Waals surface area contributed by atoms with E-state index in [4.69, 9.17) is 9.47 Å². The molecule has 2 aromatic carbocycles. The summed E-state index contributed by atoms with van der Waals surface area (Å²) in [4.78, 5) is 4.41. The molecule has 0 unspecified atom stereocenters. The second-order valence-corrected chi connectivity index (χ2v) is 4.42. The average molecular weight is 276 g/mol. The highest BCUT2D eigenvalue weighted by Gasteiger charge is 2.09. The van der Waals surface area contributed by atoms with E-state index in [0.29, 0.717) is 17.2 Å². The van der Waals surface area contributed by atoms with Crippen molar-refractivity contribution in [3.05, 3.63) is 60.2 Å². The Labute approximate surface area is 122 Å². The number of fused-ring (bicyclic) bond motifs is 1. The molecule has 0 N–H and O–H groups in total. The molecule has 0 atom stereocenters. The van der Waals surface area contributed by atoms with Crippen molar-refractivity contribution in [1.29, 1.82) is 5.26 Å². The number of para-hydroxylation sites is 1. The number of ether oxygens (including phenoxy) is 2. The van der Waals surface area contributed by atoms with Crippen LogP contribution in [0.25, 0.3) is 10.9 Å². The molecule has 0 amide bonds. The standard InChI is InChI=1S/C17H12N2O2/c1-20-14-6-8-15(9-7-14)21-17-13(11-18)10-12-4-2-3-5-16(12)19-17/h2-10H,1H3. The number of rotatable bonds is 3. The van der Waals surface area contributed by atoms with E-state index in [-0.39, 0.29) is 0 Å². The van der Waals surface area contributed by atoms with Gasteiger partial charge in [-0.3, -0.25) is 0 Å². The molecule has 0 spiro atoms. The Morgan fingerprint density at radius 2 is 1.71 bits per heavy atom. The third kappa shape index (κ3) is 2.63. The number of pyridine rings is 1. The number of nitrogens with zero attached hydrogens (tertiary/aromatic N) is 2. The fraction of sp³-hybridized carbons (Fsp3) is 0.0588. The lowest BCUT2D eigenvalue weighted by molar-refractivity contribution is 0.412. The lowest BCUT2D eigenvalue weighted by Crippen LogP contribution is -1.93. The van der Waals surface area contributed by atoms with E-state index >= 15 is 0 Å². The van der Waals surface area contributed by atoms with Gasteiger partial charge in [0, 0.05) is 5.39 Å². The predicted molar refractivity (Wildman–Crippen MR) is 79.5 cm³/mol. The molecule has 4 heteroatoms. The fourth-order valence-electron chi connectivity index (χ4n) is 2.01. The van der Waals surface area contributed by atoms with Crippen LogP contribution in [-0.2, 0) is 0 Å². The summed E-state index contributed by atoms with van der Waals surface area (Å²) in [6.07, 6.45) is 0. The number of methoxy groups -OCH3 is 1. The maximum atomic E-state index is 9.25. The molecule has 0 aliphatic heterocycles. The van der Waals surface area contributed by atoms with Gasteiger partial charge in [0.1, 0.15) is 23.1 Å². The highest BCUT2D eigenvalue weighted by molar-refractivity contribution is 5.81. The van der Waals surface area contributed by atoms with E-state index in [2.05, 4.69) is 11.1 Å². The molecule has 102 valence electrons. The number of hydrogen-bond acceptors (Lipinski definition) is 4. The molecule has 3 aromatic rings. The summed E-state index contributed by atoms with van der Waals surface area (Å²) in [5.41, 5.74) is 1.20. The van der Waals surface area contributed by atoms with Crippen LogP contribution in [-0.4, -0.2) is 12.1 Å². The van der Waals surface area contributed by atoms with Crippen LogP contribution in [0.5, 0.6) is 17.4 Å². The molecule has 0 bridgehead atoms. The second-order valence-electron chi connectivity index (χ2n) is 4.42. The van der Waals surface area contributed by atoms with E-state index in [1.165, 1.54) is 0 Å². The second kappa shape index (κ2) is 5.51. The van der Waals surface area contributed by atoms with Gasteiger partial charge in [0.05, 0.1) is 12.6 Å². The Bertz CT molecular complexity index is 820. The average Bonchev–Trinajstić information content (AvgIpc) is 2.55. The van der Waals surface area contributed by atoms with Gasteiger partial charge in [0.2, 0.25) is 5.88 Å². The van der Waals surface area contributed by atoms with Crippen LogP contribution in [0.4, 0.5) is 0 Å². The van der Waals surface area contributed by atoms with Gasteiger partial charge in [-0.2, -0.15) is 5.26 Å². The molecule has 0 fully saturated rings. The summed E-state index contributed by atoms with van der Waals surface area (Å²) in [6.45, 7) is 0. The summed E-state index contributed by atoms with van der Waals surface area (Å²) in [5.74, 6) is 1.66. The summed E-state index contributed by atoms with van der Waals surface area (Å²) in [7, 11) is 1.61. The van der Waals surface area contributed by atoms with E-state index in [1.807, 2.05) is 24.3 Å². The molecule has 0 aliphatic rings. The van der Waals surface area contributed by atoms with Crippen LogP contribution >= 0.6 is 0 Å². The zero-order valence-electron chi connectivity index (χ0n) is 11.4. The Hall–Kier alpha value is -3.06. The Balaban J connectivity index is 2.00. The van der Waals surface area contributed by atoms with Crippen molar-refractivity contribution >= 4 is 10.9 Å². The number of aromatic nitrogens is 1. The molecular formula is C17H12N2O2. The minimum Gasteiger partial charge on any atom is -0.497 e. The SMILES string of the molecule is COc1ccc(Oc2nc3ccccc3cc2C#N)cc1. The molecule has 1 aromatic heterocycles. The van der Waals surface area contributed by atoms with Gasteiger partial charge < -0.3 is 9.47 Å². The first kappa shape index (κ1) is 12.9. The summed E-state index contributed by atoms with van der Waals surface area (Å²) in [5, 5.41) is 10.2. The highest BCUT2D eigenvalue weighted by Crippen LogP contribution is 2.27. The first-order chi connectivity index (χ1) is 10.3. The van der Waals surface area contributed by atoms with Crippen LogP contribution in [0.15, 0.2) is 54.6 Å². The molecule has 1 heterocycles. The maximum Gasteiger partial charge on any atom is 0.237 e. The van der Waals surface area contributed by atoms with E-state index < -0.39 is 0 Å². The largest absolute Gasteiger partial charge is 0.497 e. The Morgan fingerprint density at radius 3 is 2.43 bits per heavy atom. The van der Waals surface area contributed by atoms with Crippen LogP contribution in [0.1, 0.15) is 5.56 Å². The maximum absolute atomic E-state index is 9.25. The molecule has 0 saturated heterocycles. The fourth-order valence-corrected chi connectivity index (χ4v) is 2.01. The van der Waals surface area contributed by atoms with Crippen molar-refractivity contribution in [2.45, 2.75) is 0 Å². The zero-order chi connectivity index (χ0) is 14.7. The molecule has 3 rings (SSSR count). The highest BCUT2D eigenvalue weighted by atomic mass is 16.5. The molecule has 4 nitrogen and oxygen atoms in total. The lowest BCUT2D eigenvalue weighted by Gasteiger charge is -2.08. The van der Waals surface area contributed by atoms with Gasteiger partial charge in [-0.1, -0.05) is 18.2 Å². The molecule has 21 heavy (non-hydrogen) atoms.